The first-order valence-corrected chi connectivity index (χ1v) is 14.1. The van der Waals surface area contributed by atoms with Crippen molar-refractivity contribution in [2.45, 2.75) is 38.5 Å². The molecule has 0 unspecified atom stereocenters. The summed E-state index contributed by atoms with van der Waals surface area (Å²) in [6, 6.07) is 15.1. The van der Waals surface area contributed by atoms with Gasteiger partial charge in [-0.3, -0.25) is 19.2 Å². The molecule has 39 heavy (non-hydrogen) atoms. The second kappa shape index (κ2) is 11.6. The van der Waals surface area contributed by atoms with E-state index in [1.807, 2.05) is 59.9 Å². The van der Waals surface area contributed by atoms with Crippen LogP contribution in [0, 0.1) is 5.92 Å². The third kappa shape index (κ3) is 5.86. The first-order chi connectivity index (χ1) is 18.8. The van der Waals surface area contributed by atoms with Gasteiger partial charge < -0.3 is 15.5 Å². The van der Waals surface area contributed by atoms with Crippen LogP contribution >= 0.6 is 0 Å². The van der Waals surface area contributed by atoms with Gasteiger partial charge in [0.2, 0.25) is 0 Å². The zero-order chi connectivity index (χ0) is 27.5. The van der Waals surface area contributed by atoms with Crippen molar-refractivity contribution in [3.63, 3.8) is 0 Å². The van der Waals surface area contributed by atoms with E-state index in [1.165, 1.54) is 5.56 Å². The number of carbonyl (C=O) groups is 2. The maximum absolute atomic E-state index is 13.8. The molecule has 1 aromatic heterocycles. The summed E-state index contributed by atoms with van der Waals surface area (Å²) in [5.41, 5.74) is 11.4. The average molecular weight is 529 g/mol. The number of nitrogens with zero attached hydrogens (tertiary/aromatic N) is 5. The van der Waals surface area contributed by atoms with Crippen LogP contribution in [0.25, 0.3) is 0 Å². The Morgan fingerprint density at radius 1 is 0.949 bits per heavy atom. The lowest BCUT2D eigenvalue weighted by Crippen LogP contribution is -2.43. The highest BCUT2D eigenvalue weighted by atomic mass is 16.2. The minimum Gasteiger partial charge on any atom is -0.399 e. The number of anilines is 3. The van der Waals surface area contributed by atoms with Crippen LogP contribution in [-0.2, 0) is 19.9 Å². The zero-order valence-electron chi connectivity index (χ0n) is 23.4. The van der Waals surface area contributed by atoms with Gasteiger partial charge in [0.15, 0.2) is 5.78 Å². The standard InChI is InChI=1S/C31H40N6O2/c1-34(2)26-14-10-22(11-15-26)29(38)23-16-18-36(19-17-23)20-21-37(31(39)24-8-12-25(32)13-9-24)30-27-6-4-5-7-28(27)33-35(30)3/h8-15,23H,4-7,16-21,32H2,1-3H3. The Morgan fingerprint density at radius 3 is 2.26 bits per heavy atom. The molecule has 1 saturated heterocycles. The normalized spacial score (nSPS) is 16.1. The summed E-state index contributed by atoms with van der Waals surface area (Å²) in [6.45, 7) is 3.01. The number of carbonyl (C=O) groups excluding carboxylic acids is 2. The number of rotatable bonds is 8. The van der Waals surface area contributed by atoms with Crippen LogP contribution in [0.1, 0.15) is 57.7 Å². The number of nitrogens with two attached hydrogens (primary N) is 1. The third-order valence-electron chi connectivity index (χ3n) is 8.21. The minimum absolute atomic E-state index is 0.0300. The topological polar surface area (TPSA) is 87.7 Å². The number of hydrogen-bond donors (Lipinski definition) is 1. The molecule has 206 valence electrons. The van der Waals surface area contributed by atoms with Crippen LogP contribution in [-0.4, -0.2) is 66.6 Å². The van der Waals surface area contributed by atoms with Gasteiger partial charge in [-0.25, -0.2) is 0 Å². The van der Waals surface area contributed by atoms with Crippen LogP contribution in [0.4, 0.5) is 17.2 Å². The molecule has 0 atom stereocenters. The second-order valence-electron chi connectivity index (χ2n) is 11.1. The molecule has 2 N–H and O–H groups in total. The zero-order valence-corrected chi connectivity index (χ0v) is 23.4. The van der Waals surface area contributed by atoms with Gasteiger partial charge in [-0.05, 0) is 100 Å². The number of benzene rings is 2. The third-order valence-corrected chi connectivity index (χ3v) is 8.21. The SMILES string of the molecule is CN(C)c1ccc(C(=O)C2CCN(CCN(C(=O)c3ccc(N)cc3)c3c4c(nn3C)CCCC4)CC2)cc1. The molecular weight excluding hydrogens is 488 g/mol. The van der Waals surface area contributed by atoms with Gasteiger partial charge >= 0.3 is 0 Å². The fraction of sp³-hybridized carbons (Fsp3) is 0.452. The predicted octanol–water partition coefficient (Wildman–Crippen LogP) is 4.19. The van der Waals surface area contributed by atoms with E-state index in [0.717, 1.165) is 80.9 Å². The van der Waals surface area contributed by atoms with Crippen molar-refractivity contribution in [1.29, 1.82) is 0 Å². The summed E-state index contributed by atoms with van der Waals surface area (Å²) in [5.74, 6) is 1.17. The lowest BCUT2D eigenvalue weighted by Gasteiger charge is -2.33. The van der Waals surface area contributed by atoms with E-state index < -0.39 is 0 Å². The largest absolute Gasteiger partial charge is 0.399 e. The van der Waals surface area contributed by atoms with Crippen LogP contribution < -0.4 is 15.5 Å². The quantitative estimate of drug-likeness (QED) is 0.349. The summed E-state index contributed by atoms with van der Waals surface area (Å²) in [7, 11) is 5.94. The number of hydrogen-bond acceptors (Lipinski definition) is 6. The molecule has 0 radical (unpaired) electrons. The number of nitrogen functional groups attached to an aromatic ring is 1. The highest BCUT2D eigenvalue weighted by Gasteiger charge is 2.30. The molecule has 2 aliphatic rings. The van der Waals surface area contributed by atoms with E-state index in [4.69, 9.17) is 10.8 Å². The number of piperidine rings is 1. The van der Waals surface area contributed by atoms with E-state index in [-0.39, 0.29) is 17.6 Å². The Balaban J connectivity index is 1.27. The van der Waals surface area contributed by atoms with E-state index in [0.29, 0.717) is 17.8 Å². The molecule has 2 heterocycles. The number of ketones is 1. The molecule has 8 nitrogen and oxygen atoms in total. The molecule has 0 bridgehead atoms. The summed E-state index contributed by atoms with van der Waals surface area (Å²) < 4.78 is 1.89. The summed E-state index contributed by atoms with van der Waals surface area (Å²) in [6.07, 6.45) is 5.85. The van der Waals surface area contributed by atoms with Crippen molar-refractivity contribution in [3.8, 4) is 0 Å². The highest BCUT2D eigenvalue weighted by Crippen LogP contribution is 2.31. The summed E-state index contributed by atoms with van der Waals surface area (Å²) >= 11 is 0. The van der Waals surface area contributed by atoms with Crippen LogP contribution in [0.15, 0.2) is 48.5 Å². The van der Waals surface area contributed by atoms with Gasteiger partial charge in [0, 0.05) is 68.2 Å². The maximum atomic E-state index is 13.8. The van der Waals surface area contributed by atoms with Crippen LogP contribution in [0.3, 0.4) is 0 Å². The Bertz CT molecular complexity index is 1300. The first-order valence-electron chi connectivity index (χ1n) is 14.1. The van der Waals surface area contributed by atoms with Crippen molar-refractivity contribution >= 4 is 28.9 Å². The predicted molar refractivity (Wildman–Crippen MR) is 157 cm³/mol. The van der Waals surface area contributed by atoms with Crippen molar-refractivity contribution in [2.24, 2.45) is 13.0 Å². The van der Waals surface area contributed by atoms with Crippen molar-refractivity contribution in [3.05, 3.63) is 70.9 Å². The molecular formula is C31H40N6O2. The van der Waals surface area contributed by atoms with Crippen molar-refractivity contribution in [1.82, 2.24) is 14.7 Å². The maximum Gasteiger partial charge on any atom is 0.259 e. The Labute approximate surface area is 231 Å². The number of fused-ring (bicyclic) bond motifs is 1. The first kappa shape index (κ1) is 26.9. The lowest BCUT2D eigenvalue weighted by molar-refractivity contribution is 0.0841. The molecule has 8 heteroatoms. The molecule has 3 aromatic rings. The summed E-state index contributed by atoms with van der Waals surface area (Å²) in [5, 5.41) is 4.78. The number of aromatic nitrogens is 2. The highest BCUT2D eigenvalue weighted by molar-refractivity contribution is 6.06. The van der Waals surface area contributed by atoms with Gasteiger partial charge in [-0.2, -0.15) is 5.10 Å². The molecule has 2 aromatic carbocycles. The second-order valence-corrected chi connectivity index (χ2v) is 11.1. The molecule has 1 aliphatic carbocycles. The Kier molecular flexibility index (Phi) is 8.02. The number of likely N-dealkylation sites (tertiary alicyclic amines) is 1. The van der Waals surface area contributed by atoms with E-state index in [9.17, 15) is 9.59 Å². The van der Waals surface area contributed by atoms with Crippen LogP contribution in [0.5, 0.6) is 0 Å². The number of aryl methyl sites for hydroxylation is 2. The monoisotopic (exact) mass is 528 g/mol. The Hall–Kier alpha value is -3.65. The van der Waals surface area contributed by atoms with Gasteiger partial charge in [0.25, 0.3) is 5.91 Å². The van der Waals surface area contributed by atoms with E-state index in [1.54, 1.807) is 24.3 Å². The Morgan fingerprint density at radius 2 is 1.59 bits per heavy atom. The fourth-order valence-corrected chi connectivity index (χ4v) is 5.91. The molecule has 5 rings (SSSR count). The lowest BCUT2D eigenvalue weighted by atomic mass is 9.89. The average Bonchev–Trinajstić information content (AvgIpc) is 3.29. The smallest absolute Gasteiger partial charge is 0.259 e. The molecule has 1 amide bonds. The van der Waals surface area contributed by atoms with Gasteiger partial charge in [-0.15, -0.1) is 0 Å². The van der Waals surface area contributed by atoms with Crippen molar-refractivity contribution in [2.75, 3.05) is 55.8 Å². The fourth-order valence-electron chi connectivity index (χ4n) is 5.91. The van der Waals surface area contributed by atoms with Crippen LogP contribution in [0.2, 0.25) is 0 Å². The molecule has 1 aliphatic heterocycles. The number of Topliss-reactive ketones (excluding diaryl/α,β-unsaturated/α-hetero) is 1. The molecule has 1 fully saturated rings. The van der Waals surface area contributed by atoms with Gasteiger partial charge in [0.1, 0.15) is 5.82 Å². The minimum atomic E-state index is -0.0300. The molecule has 0 saturated carbocycles. The van der Waals surface area contributed by atoms with Gasteiger partial charge in [0.05, 0.1) is 5.69 Å². The van der Waals surface area contributed by atoms with E-state index >= 15 is 0 Å². The number of amides is 1. The van der Waals surface area contributed by atoms with E-state index in [2.05, 4.69) is 4.90 Å². The molecule has 0 spiro atoms. The summed E-state index contributed by atoms with van der Waals surface area (Å²) in [4.78, 5) is 33.3. The van der Waals surface area contributed by atoms with Gasteiger partial charge in [-0.1, -0.05) is 0 Å². The van der Waals surface area contributed by atoms with Crippen molar-refractivity contribution < 1.29 is 9.59 Å².